The first-order valence-electron chi connectivity index (χ1n) is 5.42. The molecule has 0 amide bonds. The lowest BCUT2D eigenvalue weighted by Crippen LogP contribution is -2.08. The Kier molecular flexibility index (Phi) is 5.39. The molecule has 1 atom stereocenters. The minimum atomic E-state index is 0.379. The van der Waals surface area contributed by atoms with Gasteiger partial charge in [-0.3, -0.25) is 4.98 Å². The molecule has 1 aromatic rings. The fourth-order valence-electron chi connectivity index (χ4n) is 1.15. The molecular formula is C12H18ClNO2. The third-order valence-electron chi connectivity index (χ3n) is 2.47. The highest BCUT2D eigenvalue weighted by Crippen LogP contribution is 2.27. The SMILES string of the molecule is CCC(C)COc1cc(CCl)ncc1OC. The summed E-state index contributed by atoms with van der Waals surface area (Å²) in [6, 6.07) is 1.83. The van der Waals surface area contributed by atoms with Gasteiger partial charge in [0.1, 0.15) is 0 Å². The summed E-state index contributed by atoms with van der Waals surface area (Å²) >= 11 is 5.73. The van der Waals surface area contributed by atoms with E-state index in [0.717, 1.165) is 12.1 Å². The molecular weight excluding hydrogens is 226 g/mol. The summed E-state index contributed by atoms with van der Waals surface area (Å²) in [6.45, 7) is 4.97. The summed E-state index contributed by atoms with van der Waals surface area (Å²) in [5.74, 6) is 2.27. The highest BCUT2D eigenvalue weighted by atomic mass is 35.5. The molecule has 1 heterocycles. The van der Waals surface area contributed by atoms with Gasteiger partial charge in [0.05, 0.1) is 31.5 Å². The Labute approximate surface area is 102 Å². The topological polar surface area (TPSA) is 31.4 Å². The predicted octanol–water partition coefficient (Wildman–Crippen LogP) is 3.25. The summed E-state index contributed by atoms with van der Waals surface area (Å²) in [7, 11) is 1.60. The van der Waals surface area contributed by atoms with Gasteiger partial charge >= 0.3 is 0 Å². The normalized spacial score (nSPS) is 12.2. The third kappa shape index (κ3) is 3.56. The third-order valence-corrected chi connectivity index (χ3v) is 2.74. The zero-order valence-electron chi connectivity index (χ0n) is 10.00. The number of aromatic nitrogens is 1. The van der Waals surface area contributed by atoms with Gasteiger partial charge in [-0.1, -0.05) is 20.3 Å². The predicted molar refractivity (Wildman–Crippen MR) is 65.3 cm³/mol. The van der Waals surface area contributed by atoms with E-state index >= 15 is 0 Å². The molecule has 0 spiro atoms. The molecule has 1 unspecified atom stereocenters. The van der Waals surface area contributed by atoms with E-state index in [-0.39, 0.29) is 0 Å². The number of alkyl halides is 1. The van der Waals surface area contributed by atoms with Crippen LogP contribution in [0.3, 0.4) is 0 Å². The van der Waals surface area contributed by atoms with Crippen LogP contribution in [-0.4, -0.2) is 18.7 Å². The van der Waals surface area contributed by atoms with Crippen LogP contribution in [0, 0.1) is 5.92 Å². The van der Waals surface area contributed by atoms with E-state index in [4.69, 9.17) is 21.1 Å². The minimum Gasteiger partial charge on any atom is -0.491 e. The average molecular weight is 244 g/mol. The number of methoxy groups -OCH3 is 1. The maximum absolute atomic E-state index is 5.73. The first kappa shape index (κ1) is 13.1. The number of halogens is 1. The molecule has 0 aliphatic rings. The quantitative estimate of drug-likeness (QED) is 0.719. The Hall–Kier alpha value is -0.960. The van der Waals surface area contributed by atoms with Crippen molar-refractivity contribution >= 4 is 11.6 Å². The lowest BCUT2D eigenvalue weighted by Gasteiger charge is -2.14. The van der Waals surface area contributed by atoms with Crippen LogP contribution in [0.25, 0.3) is 0 Å². The largest absolute Gasteiger partial charge is 0.491 e. The molecule has 0 radical (unpaired) electrons. The Morgan fingerprint density at radius 3 is 2.75 bits per heavy atom. The van der Waals surface area contributed by atoms with Crippen molar-refractivity contribution in [1.29, 1.82) is 0 Å². The van der Waals surface area contributed by atoms with Gasteiger partial charge < -0.3 is 9.47 Å². The summed E-state index contributed by atoms with van der Waals surface area (Å²) in [6.07, 6.45) is 2.74. The van der Waals surface area contributed by atoms with Crippen molar-refractivity contribution in [2.75, 3.05) is 13.7 Å². The second-order valence-electron chi connectivity index (χ2n) is 3.78. The van der Waals surface area contributed by atoms with Crippen molar-refractivity contribution in [3.05, 3.63) is 18.0 Å². The van der Waals surface area contributed by atoms with Crippen molar-refractivity contribution in [3.63, 3.8) is 0 Å². The number of hydrogen-bond acceptors (Lipinski definition) is 3. The maximum Gasteiger partial charge on any atom is 0.179 e. The van der Waals surface area contributed by atoms with E-state index < -0.39 is 0 Å². The Balaban J connectivity index is 2.75. The molecule has 16 heavy (non-hydrogen) atoms. The highest BCUT2D eigenvalue weighted by molar-refractivity contribution is 6.16. The minimum absolute atomic E-state index is 0.379. The first-order chi connectivity index (χ1) is 7.71. The van der Waals surface area contributed by atoms with Gasteiger partial charge in [-0.15, -0.1) is 11.6 Å². The molecule has 4 heteroatoms. The van der Waals surface area contributed by atoms with Crippen LogP contribution < -0.4 is 9.47 Å². The van der Waals surface area contributed by atoms with Gasteiger partial charge in [0.15, 0.2) is 11.5 Å². The van der Waals surface area contributed by atoms with E-state index in [9.17, 15) is 0 Å². The summed E-state index contributed by atoms with van der Waals surface area (Å²) in [5, 5.41) is 0. The van der Waals surface area contributed by atoms with E-state index in [1.165, 1.54) is 0 Å². The van der Waals surface area contributed by atoms with Crippen LogP contribution in [0.1, 0.15) is 26.0 Å². The number of rotatable bonds is 6. The van der Waals surface area contributed by atoms with Gasteiger partial charge in [-0.05, 0) is 5.92 Å². The molecule has 0 fully saturated rings. The molecule has 90 valence electrons. The van der Waals surface area contributed by atoms with E-state index in [1.54, 1.807) is 13.3 Å². The van der Waals surface area contributed by atoms with Crippen molar-refractivity contribution in [3.8, 4) is 11.5 Å². The molecule has 3 nitrogen and oxygen atoms in total. The number of nitrogens with zero attached hydrogens (tertiary/aromatic N) is 1. The van der Waals surface area contributed by atoms with E-state index in [2.05, 4.69) is 18.8 Å². The molecule has 0 aromatic carbocycles. The second kappa shape index (κ2) is 6.59. The number of hydrogen-bond donors (Lipinski definition) is 0. The lowest BCUT2D eigenvalue weighted by molar-refractivity contribution is 0.244. The van der Waals surface area contributed by atoms with Crippen LogP contribution in [0.4, 0.5) is 0 Å². The van der Waals surface area contributed by atoms with Crippen molar-refractivity contribution in [2.45, 2.75) is 26.1 Å². The second-order valence-corrected chi connectivity index (χ2v) is 4.05. The van der Waals surface area contributed by atoms with Crippen LogP contribution in [-0.2, 0) is 5.88 Å². The Morgan fingerprint density at radius 2 is 2.19 bits per heavy atom. The van der Waals surface area contributed by atoms with Crippen molar-refractivity contribution in [1.82, 2.24) is 4.98 Å². The standard InChI is InChI=1S/C12H18ClNO2/c1-4-9(2)8-16-11-5-10(6-13)14-7-12(11)15-3/h5,7,9H,4,6,8H2,1-3H3. The Morgan fingerprint density at radius 1 is 1.44 bits per heavy atom. The zero-order chi connectivity index (χ0) is 12.0. The van der Waals surface area contributed by atoms with Gasteiger partial charge in [-0.25, -0.2) is 0 Å². The van der Waals surface area contributed by atoms with Crippen LogP contribution >= 0.6 is 11.6 Å². The van der Waals surface area contributed by atoms with Crippen LogP contribution in [0.15, 0.2) is 12.3 Å². The summed E-state index contributed by atoms with van der Waals surface area (Å²) < 4.78 is 10.9. The highest BCUT2D eigenvalue weighted by Gasteiger charge is 2.08. The molecule has 1 rings (SSSR count). The fraction of sp³-hybridized carbons (Fsp3) is 0.583. The zero-order valence-corrected chi connectivity index (χ0v) is 10.8. The number of pyridine rings is 1. The molecule has 0 bridgehead atoms. The van der Waals surface area contributed by atoms with Crippen LogP contribution in [0.5, 0.6) is 11.5 Å². The number of ether oxygens (including phenoxy) is 2. The van der Waals surface area contributed by atoms with Gasteiger partial charge in [0.25, 0.3) is 0 Å². The van der Waals surface area contributed by atoms with Crippen molar-refractivity contribution < 1.29 is 9.47 Å². The molecule has 0 N–H and O–H groups in total. The summed E-state index contributed by atoms with van der Waals surface area (Å²) in [4.78, 5) is 4.14. The van der Waals surface area contributed by atoms with Crippen LogP contribution in [0.2, 0.25) is 0 Å². The molecule has 0 saturated carbocycles. The monoisotopic (exact) mass is 243 g/mol. The fourth-order valence-corrected chi connectivity index (χ4v) is 1.30. The Bertz CT molecular complexity index is 331. The van der Waals surface area contributed by atoms with Gasteiger partial charge in [-0.2, -0.15) is 0 Å². The molecule has 0 aliphatic heterocycles. The molecule has 1 aromatic heterocycles. The summed E-state index contributed by atoms with van der Waals surface area (Å²) in [5.41, 5.74) is 0.793. The smallest absolute Gasteiger partial charge is 0.179 e. The van der Waals surface area contributed by atoms with Gasteiger partial charge in [0.2, 0.25) is 0 Å². The maximum atomic E-state index is 5.73. The lowest BCUT2D eigenvalue weighted by atomic mass is 10.1. The molecule has 0 aliphatic carbocycles. The van der Waals surface area contributed by atoms with Crippen molar-refractivity contribution in [2.24, 2.45) is 5.92 Å². The first-order valence-corrected chi connectivity index (χ1v) is 5.96. The van der Waals surface area contributed by atoms with E-state index in [1.807, 2.05) is 6.07 Å². The average Bonchev–Trinajstić information content (AvgIpc) is 2.35. The van der Waals surface area contributed by atoms with Gasteiger partial charge in [0, 0.05) is 6.07 Å². The van der Waals surface area contributed by atoms with E-state index in [0.29, 0.717) is 29.9 Å². The molecule has 0 saturated heterocycles.